The third-order valence-corrected chi connectivity index (χ3v) is 7.21. The molecular formula is C29H39N3O5. The molecule has 200 valence electrons. The van der Waals surface area contributed by atoms with Crippen LogP contribution in [0.2, 0.25) is 0 Å². The lowest BCUT2D eigenvalue weighted by Gasteiger charge is -2.45. The van der Waals surface area contributed by atoms with Crippen molar-refractivity contribution in [1.82, 2.24) is 15.5 Å². The van der Waals surface area contributed by atoms with E-state index in [0.717, 1.165) is 36.1 Å². The smallest absolute Gasteiger partial charge is 0.254 e. The fourth-order valence-electron chi connectivity index (χ4n) is 5.27. The maximum atomic E-state index is 13.1. The predicted molar refractivity (Wildman–Crippen MR) is 142 cm³/mol. The molecule has 2 saturated heterocycles. The zero-order chi connectivity index (χ0) is 26.2. The molecule has 0 spiro atoms. The first kappa shape index (κ1) is 27.1. The van der Waals surface area contributed by atoms with E-state index in [0.29, 0.717) is 50.3 Å². The Morgan fingerprint density at radius 3 is 2.46 bits per heavy atom. The van der Waals surface area contributed by atoms with E-state index in [2.05, 4.69) is 10.6 Å². The van der Waals surface area contributed by atoms with E-state index in [1.165, 1.54) is 0 Å². The molecule has 2 amide bonds. The number of fused-ring (bicyclic) bond motifs is 2. The van der Waals surface area contributed by atoms with Gasteiger partial charge in [-0.05, 0) is 93.6 Å². The Balaban J connectivity index is 1.27. The highest BCUT2D eigenvalue weighted by molar-refractivity contribution is 5.98. The first-order valence-corrected chi connectivity index (χ1v) is 13.4. The molecule has 2 fully saturated rings. The van der Waals surface area contributed by atoms with Gasteiger partial charge in [0.15, 0.2) is 0 Å². The van der Waals surface area contributed by atoms with Crippen molar-refractivity contribution in [3.63, 3.8) is 0 Å². The van der Waals surface area contributed by atoms with Gasteiger partial charge >= 0.3 is 0 Å². The molecule has 2 aromatic rings. The molecule has 2 aliphatic heterocycles. The third-order valence-electron chi connectivity index (χ3n) is 7.21. The number of benzene rings is 2. The number of hydrogen-bond acceptors (Lipinski definition) is 6. The normalized spacial score (nSPS) is 19.8. The van der Waals surface area contributed by atoms with Gasteiger partial charge in [-0.15, -0.1) is 0 Å². The summed E-state index contributed by atoms with van der Waals surface area (Å²) in [6.07, 6.45) is 3.63. The Hall–Kier alpha value is -2.94. The number of aliphatic hydroxyl groups excluding tert-OH is 1. The van der Waals surface area contributed by atoms with Crippen LogP contribution in [0.3, 0.4) is 0 Å². The molecule has 2 bridgehead atoms. The highest BCUT2D eigenvalue weighted by atomic mass is 16.5. The van der Waals surface area contributed by atoms with Gasteiger partial charge in [0.2, 0.25) is 0 Å². The van der Waals surface area contributed by atoms with Crippen LogP contribution in [0.1, 0.15) is 64.4 Å². The summed E-state index contributed by atoms with van der Waals surface area (Å²) < 4.78 is 11.2. The highest BCUT2D eigenvalue weighted by Gasteiger charge is 2.38. The number of morpholine rings is 1. The molecule has 4 rings (SSSR count). The molecule has 3 atom stereocenters. The van der Waals surface area contributed by atoms with Crippen LogP contribution in [-0.4, -0.2) is 73.4 Å². The van der Waals surface area contributed by atoms with Gasteiger partial charge in [-0.3, -0.25) is 9.59 Å². The number of nitrogens with one attached hydrogen (secondary N) is 2. The number of aliphatic hydroxyl groups is 1. The second-order valence-electron chi connectivity index (χ2n) is 9.86. The van der Waals surface area contributed by atoms with Gasteiger partial charge in [0.25, 0.3) is 11.8 Å². The van der Waals surface area contributed by atoms with E-state index < -0.39 is 6.10 Å². The quantitative estimate of drug-likeness (QED) is 0.431. The standard InChI is InChI=1S/C29H39N3O5/c1-3-37-27-14-12-20(23(15-27)16-30-2)11-13-26(33)17-31-28(34)21-7-9-22(10-8-21)29(35)32-24-5-4-6-25(32)19-36-18-24/h7-10,12,14-15,24-26,30,33H,3-6,11,13,16-19H2,1-2H3,(H,31,34)/t24?,25?,26-/m0/s1. The van der Waals surface area contributed by atoms with Crippen molar-refractivity contribution in [3.05, 3.63) is 64.7 Å². The van der Waals surface area contributed by atoms with Crippen LogP contribution in [-0.2, 0) is 17.7 Å². The summed E-state index contributed by atoms with van der Waals surface area (Å²) in [4.78, 5) is 27.8. The summed E-state index contributed by atoms with van der Waals surface area (Å²) in [6, 6.07) is 13.1. The largest absolute Gasteiger partial charge is 0.494 e. The van der Waals surface area contributed by atoms with Crippen molar-refractivity contribution in [2.45, 2.75) is 63.8 Å². The molecule has 2 aliphatic rings. The monoisotopic (exact) mass is 509 g/mol. The number of hydrogen-bond donors (Lipinski definition) is 3. The molecule has 2 aromatic carbocycles. The maximum absolute atomic E-state index is 13.1. The van der Waals surface area contributed by atoms with E-state index >= 15 is 0 Å². The maximum Gasteiger partial charge on any atom is 0.254 e. The average molecular weight is 510 g/mol. The minimum absolute atomic E-state index is 0.00677. The lowest BCUT2D eigenvalue weighted by atomic mass is 9.93. The number of rotatable bonds is 11. The van der Waals surface area contributed by atoms with Crippen LogP contribution in [0, 0.1) is 0 Å². The van der Waals surface area contributed by atoms with E-state index in [-0.39, 0.29) is 30.4 Å². The summed E-state index contributed by atoms with van der Waals surface area (Å²) in [5.74, 6) is 0.579. The van der Waals surface area contributed by atoms with Gasteiger partial charge in [0.1, 0.15) is 5.75 Å². The Morgan fingerprint density at radius 1 is 1.08 bits per heavy atom. The van der Waals surface area contributed by atoms with Crippen LogP contribution in [0.15, 0.2) is 42.5 Å². The van der Waals surface area contributed by atoms with Gasteiger partial charge < -0.3 is 30.1 Å². The number of ether oxygens (including phenoxy) is 2. The zero-order valence-electron chi connectivity index (χ0n) is 21.9. The molecule has 0 aliphatic carbocycles. The Morgan fingerprint density at radius 2 is 1.78 bits per heavy atom. The zero-order valence-corrected chi connectivity index (χ0v) is 21.9. The fraction of sp³-hybridized carbons (Fsp3) is 0.517. The molecule has 8 nitrogen and oxygen atoms in total. The SMILES string of the molecule is CCOc1ccc(CC[C@H](O)CNC(=O)c2ccc(C(=O)N3C4CCCC3COC4)cc2)c(CNC)c1. The summed E-state index contributed by atoms with van der Waals surface area (Å²) in [7, 11) is 1.90. The van der Waals surface area contributed by atoms with Crippen molar-refractivity contribution in [2.24, 2.45) is 0 Å². The number of aryl methyl sites for hydroxylation is 1. The first-order chi connectivity index (χ1) is 18.0. The molecular weight excluding hydrogens is 470 g/mol. The van der Waals surface area contributed by atoms with Gasteiger partial charge in [-0.25, -0.2) is 0 Å². The predicted octanol–water partition coefficient (Wildman–Crippen LogP) is 2.92. The van der Waals surface area contributed by atoms with E-state index in [1.807, 2.05) is 37.1 Å². The Kier molecular flexibility index (Phi) is 9.55. The second-order valence-corrected chi connectivity index (χ2v) is 9.86. The van der Waals surface area contributed by atoms with Crippen LogP contribution in [0.4, 0.5) is 0 Å². The lowest BCUT2D eigenvalue weighted by molar-refractivity contribution is -0.0565. The molecule has 0 radical (unpaired) electrons. The third kappa shape index (κ3) is 6.89. The minimum atomic E-state index is -0.667. The van der Waals surface area contributed by atoms with Crippen LogP contribution < -0.4 is 15.4 Å². The number of amides is 2. The molecule has 0 saturated carbocycles. The van der Waals surface area contributed by atoms with Gasteiger partial charge in [0, 0.05) is 24.2 Å². The van der Waals surface area contributed by atoms with E-state index in [9.17, 15) is 14.7 Å². The summed E-state index contributed by atoms with van der Waals surface area (Å²) in [5, 5.41) is 16.5. The fourth-order valence-corrected chi connectivity index (χ4v) is 5.27. The molecule has 37 heavy (non-hydrogen) atoms. The van der Waals surface area contributed by atoms with Gasteiger partial charge in [-0.1, -0.05) is 6.07 Å². The summed E-state index contributed by atoms with van der Waals surface area (Å²) in [6.45, 7) is 4.65. The van der Waals surface area contributed by atoms with Gasteiger partial charge in [0.05, 0.1) is 38.0 Å². The summed E-state index contributed by atoms with van der Waals surface area (Å²) >= 11 is 0. The van der Waals surface area contributed by atoms with Gasteiger partial charge in [-0.2, -0.15) is 0 Å². The minimum Gasteiger partial charge on any atom is -0.494 e. The second kappa shape index (κ2) is 13.0. The first-order valence-electron chi connectivity index (χ1n) is 13.4. The van der Waals surface area contributed by atoms with Crippen LogP contribution in [0.25, 0.3) is 0 Å². The lowest BCUT2D eigenvalue weighted by Crippen LogP contribution is -2.57. The molecule has 2 unspecified atom stereocenters. The van der Waals surface area contributed by atoms with Crippen molar-refractivity contribution in [1.29, 1.82) is 0 Å². The van der Waals surface area contributed by atoms with Crippen molar-refractivity contribution < 1.29 is 24.2 Å². The Labute approximate surface area is 219 Å². The van der Waals surface area contributed by atoms with Crippen LogP contribution in [0.5, 0.6) is 5.75 Å². The van der Waals surface area contributed by atoms with E-state index in [4.69, 9.17) is 9.47 Å². The molecule has 3 N–H and O–H groups in total. The molecule has 2 heterocycles. The van der Waals surface area contributed by atoms with Crippen molar-refractivity contribution in [3.8, 4) is 5.75 Å². The topological polar surface area (TPSA) is 100 Å². The number of piperidine rings is 1. The number of nitrogens with zero attached hydrogens (tertiary/aromatic N) is 1. The average Bonchev–Trinajstić information content (AvgIpc) is 2.91. The van der Waals surface area contributed by atoms with Crippen LogP contribution >= 0.6 is 0 Å². The highest BCUT2D eigenvalue weighted by Crippen LogP contribution is 2.29. The number of carbonyl (C=O) groups excluding carboxylic acids is 2. The number of carbonyl (C=O) groups is 2. The van der Waals surface area contributed by atoms with Crippen molar-refractivity contribution >= 4 is 11.8 Å². The Bertz CT molecular complexity index is 1040. The molecule has 0 aromatic heterocycles. The van der Waals surface area contributed by atoms with E-state index in [1.54, 1.807) is 24.3 Å². The van der Waals surface area contributed by atoms with Crippen molar-refractivity contribution in [2.75, 3.05) is 33.4 Å². The summed E-state index contributed by atoms with van der Waals surface area (Å²) in [5.41, 5.74) is 3.34. The molecule has 8 heteroatoms.